The molecule has 0 fully saturated rings. The minimum atomic E-state index is -4.38. The lowest BCUT2D eigenvalue weighted by Crippen LogP contribution is -2.33. The fraction of sp³-hybridized carbons (Fsp3) is 0.400. The number of aliphatic hydroxyl groups is 1. The number of hydrogen-bond donors (Lipinski definition) is 3. The fourth-order valence-electron chi connectivity index (χ4n) is 1.61. The Morgan fingerprint density at radius 1 is 1.47 bits per heavy atom. The van der Waals surface area contributed by atoms with Gasteiger partial charge in [-0.3, -0.25) is 4.55 Å². The second kappa shape index (κ2) is 4.91. The second-order valence-corrected chi connectivity index (χ2v) is 5.01. The SMILES string of the molecule is CCN(c1ccc(N)cc1S(=O)(=O)O)C(C)O. The molecule has 0 amide bonds. The summed E-state index contributed by atoms with van der Waals surface area (Å²) < 4.78 is 31.6. The molecule has 0 aliphatic rings. The fourth-order valence-corrected chi connectivity index (χ4v) is 2.35. The van der Waals surface area contributed by atoms with Crippen LogP contribution < -0.4 is 10.6 Å². The van der Waals surface area contributed by atoms with Crippen molar-refractivity contribution in [1.29, 1.82) is 0 Å². The largest absolute Gasteiger partial charge is 0.399 e. The number of nitrogen functional groups attached to an aromatic ring is 1. The first-order chi connectivity index (χ1) is 7.77. The van der Waals surface area contributed by atoms with Crippen LogP contribution in [-0.2, 0) is 10.1 Å². The third-order valence-corrected chi connectivity index (χ3v) is 3.25. The highest BCUT2D eigenvalue weighted by Gasteiger charge is 2.21. The zero-order chi connectivity index (χ0) is 13.2. The molecule has 0 saturated heterocycles. The van der Waals surface area contributed by atoms with Crippen molar-refractivity contribution in [3.63, 3.8) is 0 Å². The van der Waals surface area contributed by atoms with Gasteiger partial charge >= 0.3 is 0 Å². The average molecular weight is 260 g/mol. The summed E-state index contributed by atoms with van der Waals surface area (Å²) in [4.78, 5) is 1.13. The molecule has 0 spiro atoms. The number of aliphatic hydroxyl groups excluding tert-OH is 1. The second-order valence-electron chi connectivity index (χ2n) is 3.62. The zero-order valence-corrected chi connectivity index (χ0v) is 10.5. The van der Waals surface area contributed by atoms with Crippen molar-refractivity contribution < 1.29 is 18.1 Å². The summed E-state index contributed by atoms with van der Waals surface area (Å²) in [6.07, 6.45) is -0.871. The predicted octanol–water partition coefficient (Wildman–Crippen LogP) is 0.680. The summed E-state index contributed by atoms with van der Waals surface area (Å²) in [5, 5.41) is 9.54. The van der Waals surface area contributed by atoms with Crippen molar-refractivity contribution in [2.45, 2.75) is 25.0 Å². The van der Waals surface area contributed by atoms with Gasteiger partial charge in [0.2, 0.25) is 0 Å². The predicted molar refractivity (Wildman–Crippen MR) is 65.4 cm³/mol. The third-order valence-electron chi connectivity index (χ3n) is 2.36. The first-order valence-electron chi connectivity index (χ1n) is 5.09. The molecule has 7 heteroatoms. The number of benzene rings is 1. The van der Waals surface area contributed by atoms with E-state index in [4.69, 9.17) is 10.3 Å². The maximum Gasteiger partial charge on any atom is 0.296 e. The van der Waals surface area contributed by atoms with Gasteiger partial charge in [0, 0.05) is 12.2 Å². The van der Waals surface area contributed by atoms with E-state index in [1.165, 1.54) is 24.0 Å². The molecule has 1 aromatic rings. The lowest BCUT2D eigenvalue weighted by atomic mass is 10.2. The molecule has 1 rings (SSSR count). The molecule has 0 heterocycles. The molecule has 0 aliphatic carbocycles. The molecule has 0 saturated carbocycles. The van der Waals surface area contributed by atoms with E-state index in [-0.39, 0.29) is 16.3 Å². The summed E-state index contributed by atoms with van der Waals surface area (Å²) in [5.41, 5.74) is 5.93. The van der Waals surface area contributed by atoms with Crippen LogP contribution in [0.2, 0.25) is 0 Å². The zero-order valence-electron chi connectivity index (χ0n) is 9.66. The van der Waals surface area contributed by atoms with Crippen LogP contribution in [0, 0.1) is 0 Å². The number of nitrogens with zero attached hydrogens (tertiary/aromatic N) is 1. The first-order valence-corrected chi connectivity index (χ1v) is 6.53. The van der Waals surface area contributed by atoms with Gasteiger partial charge < -0.3 is 15.7 Å². The molecule has 1 aromatic carbocycles. The molecule has 0 aromatic heterocycles. The molecule has 4 N–H and O–H groups in total. The first kappa shape index (κ1) is 13.8. The maximum absolute atomic E-state index is 11.2. The van der Waals surface area contributed by atoms with E-state index in [1.807, 2.05) is 0 Å². The van der Waals surface area contributed by atoms with Crippen molar-refractivity contribution in [2.24, 2.45) is 0 Å². The number of nitrogens with two attached hydrogens (primary N) is 1. The summed E-state index contributed by atoms with van der Waals surface area (Å²) in [7, 11) is -4.38. The van der Waals surface area contributed by atoms with Gasteiger partial charge in [0.15, 0.2) is 0 Å². The van der Waals surface area contributed by atoms with Crippen LogP contribution >= 0.6 is 0 Å². The van der Waals surface area contributed by atoms with Gasteiger partial charge in [-0.2, -0.15) is 8.42 Å². The van der Waals surface area contributed by atoms with E-state index in [9.17, 15) is 13.5 Å². The molecule has 0 aliphatic heterocycles. The normalized spacial score (nSPS) is 13.4. The van der Waals surface area contributed by atoms with Crippen LogP contribution in [0.25, 0.3) is 0 Å². The topological polar surface area (TPSA) is 104 Å². The Morgan fingerprint density at radius 2 is 2.06 bits per heavy atom. The molecule has 17 heavy (non-hydrogen) atoms. The Balaban J connectivity index is 3.43. The van der Waals surface area contributed by atoms with Gasteiger partial charge in [0.1, 0.15) is 11.1 Å². The molecule has 1 atom stereocenters. The van der Waals surface area contributed by atoms with E-state index in [0.717, 1.165) is 6.07 Å². The maximum atomic E-state index is 11.2. The van der Waals surface area contributed by atoms with Crippen LogP contribution in [0.4, 0.5) is 11.4 Å². The van der Waals surface area contributed by atoms with Crippen molar-refractivity contribution in [2.75, 3.05) is 17.2 Å². The molecular formula is C10H16N2O4S. The van der Waals surface area contributed by atoms with Crippen molar-refractivity contribution in [1.82, 2.24) is 0 Å². The minimum absolute atomic E-state index is 0.221. The van der Waals surface area contributed by atoms with Gasteiger partial charge in [-0.1, -0.05) is 0 Å². The van der Waals surface area contributed by atoms with Crippen molar-refractivity contribution in [3.05, 3.63) is 18.2 Å². The van der Waals surface area contributed by atoms with Crippen LogP contribution in [0.3, 0.4) is 0 Å². The standard InChI is InChI=1S/C10H16N2O4S/c1-3-12(7(2)13)9-5-4-8(11)6-10(9)17(14,15)16/h4-7,13H,3,11H2,1-2H3,(H,14,15,16). The highest BCUT2D eigenvalue weighted by atomic mass is 32.2. The van der Waals surface area contributed by atoms with E-state index >= 15 is 0 Å². The Hall–Kier alpha value is -1.31. The van der Waals surface area contributed by atoms with Crippen LogP contribution in [0.1, 0.15) is 13.8 Å². The highest BCUT2D eigenvalue weighted by Crippen LogP contribution is 2.28. The summed E-state index contributed by atoms with van der Waals surface area (Å²) >= 11 is 0. The van der Waals surface area contributed by atoms with Gasteiger partial charge in [-0.15, -0.1) is 0 Å². The smallest absolute Gasteiger partial charge is 0.296 e. The minimum Gasteiger partial charge on any atom is -0.399 e. The molecule has 0 bridgehead atoms. The Morgan fingerprint density at radius 3 is 2.47 bits per heavy atom. The van der Waals surface area contributed by atoms with Crippen LogP contribution in [-0.4, -0.2) is 30.8 Å². The molecule has 0 radical (unpaired) electrons. The number of hydrogen-bond acceptors (Lipinski definition) is 5. The van der Waals surface area contributed by atoms with Gasteiger partial charge in [0.05, 0.1) is 5.69 Å². The van der Waals surface area contributed by atoms with Crippen LogP contribution in [0.15, 0.2) is 23.1 Å². The van der Waals surface area contributed by atoms with E-state index in [2.05, 4.69) is 0 Å². The van der Waals surface area contributed by atoms with Gasteiger partial charge in [0.25, 0.3) is 10.1 Å². The monoisotopic (exact) mass is 260 g/mol. The number of anilines is 2. The summed E-state index contributed by atoms with van der Waals surface area (Å²) in [6.45, 7) is 3.66. The van der Waals surface area contributed by atoms with Crippen molar-refractivity contribution >= 4 is 21.5 Å². The molecule has 1 unspecified atom stereocenters. The Labute approximate surface area is 100 Å². The molecule has 6 nitrogen and oxygen atoms in total. The van der Waals surface area contributed by atoms with Gasteiger partial charge in [-0.25, -0.2) is 0 Å². The van der Waals surface area contributed by atoms with Gasteiger partial charge in [-0.05, 0) is 32.0 Å². The highest BCUT2D eigenvalue weighted by molar-refractivity contribution is 7.86. The molecule has 96 valence electrons. The number of rotatable bonds is 4. The summed E-state index contributed by atoms with van der Waals surface area (Å²) in [6, 6.07) is 4.12. The molecular weight excluding hydrogens is 244 g/mol. The Bertz CT molecular complexity index is 499. The van der Waals surface area contributed by atoms with E-state index < -0.39 is 16.3 Å². The van der Waals surface area contributed by atoms with Crippen molar-refractivity contribution in [3.8, 4) is 0 Å². The summed E-state index contributed by atoms with van der Waals surface area (Å²) in [5.74, 6) is 0. The van der Waals surface area contributed by atoms with E-state index in [1.54, 1.807) is 6.92 Å². The van der Waals surface area contributed by atoms with Crippen LogP contribution in [0.5, 0.6) is 0 Å². The van der Waals surface area contributed by atoms with E-state index in [0.29, 0.717) is 6.54 Å². The Kier molecular flexibility index (Phi) is 3.97. The third kappa shape index (κ3) is 3.09. The average Bonchev–Trinajstić information content (AvgIpc) is 2.19. The lowest BCUT2D eigenvalue weighted by Gasteiger charge is -2.27. The quantitative estimate of drug-likeness (QED) is 0.418. The lowest BCUT2D eigenvalue weighted by molar-refractivity contribution is 0.189.